The molecule has 4 rings (SSSR count). The molecular formula is C22H23N5O3S. The van der Waals surface area contributed by atoms with Crippen LogP contribution in [0.5, 0.6) is 0 Å². The molecular weight excluding hydrogens is 414 g/mol. The Morgan fingerprint density at radius 3 is 2.61 bits per heavy atom. The van der Waals surface area contributed by atoms with Crippen LogP contribution in [0.25, 0.3) is 0 Å². The van der Waals surface area contributed by atoms with Crippen molar-refractivity contribution in [1.82, 2.24) is 14.9 Å². The van der Waals surface area contributed by atoms with Crippen molar-refractivity contribution in [3.8, 4) is 0 Å². The third-order valence-electron chi connectivity index (χ3n) is 4.92. The van der Waals surface area contributed by atoms with Gasteiger partial charge < -0.3 is 19.5 Å². The number of anilines is 2. The average molecular weight is 438 g/mol. The fourth-order valence-electron chi connectivity index (χ4n) is 3.36. The number of amides is 2. The van der Waals surface area contributed by atoms with Crippen molar-refractivity contribution in [3.63, 3.8) is 0 Å². The summed E-state index contributed by atoms with van der Waals surface area (Å²) < 4.78 is 5.09. The number of nitrogens with zero attached hydrogens (tertiary/aromatic N) is 4. The van der Waals surface area contributed by atoms with Crippen LogP contribution in [0.2, 0.25) is 0 Å². The first-order chi connectivity index (χ1) is 15.2. The van der Waals surface area contributed by atoms with Crippen LogP contribution in [0.3, 0.4) is 0 Å². The lowest BCUT2D eigenvalue weighted by Gasteiger charge is -2.35. The molecule has 0 aromatic carbocycles. The van der Waals surface area contributed by atoms with E-state index in [9.17, 15) is 9.59 Å². The highest BCUT2D eigenvalue weighted by molar-refractivity contribution is 7.99. The summed E-state index contributed by atoms with van der Waals surface area (Å²) in [6.07, 6.45) is 4.80. The van der Waals surface area contributed by atoms with E-state index in [1.54, 1.807) is 42.4 Å². The predicted molar refractivity (Wildman–Crippen MR) is 120 cm³/mol. The Hall–Kier alpha value is -3.33. The van der Waals surface area contributed by atoms with Crippen LogP contribution in [0.15, 0.2) is 64.5 Å². The van der Waals surface area contributed by atoms with Crippen molar-refractivity contribution in [1.29, 1.82) is 0 Å². The number of piperazine rings is 1. The number of carbonyl (C=O) groups is 2. The van der Waals surface area contributed by atoms with Gasteiger partial charge in [0.1, 0.15) is 10.8 Å². The summed E-state index contributed by atoms with van der Waals surface area (Å²) in [5.41, 5.74) is 1.26. The normalized spacial score (nSPS) is 13.8. The quantitative estimate of drug-likeness (QED) is 0.591. The molecule has 0 unspecified atom stereocenters. The van der Waals surface area contributed by atoms with E-state index in [-0.39, 0.29) is 17.6 Å². The smallest absolute Gasteiger partial charge is 0.291 e. The van der Waals surface area contributed by atoms with Gasteiger partial charge in [0.15, 0.2) is 5.76 Å². The lowest BCUT2D eigenvalue weighted by Crippen LogP contribution is -2.49. The van der Waals surface area contributed by atoms with Gasteiger partial charge in [0.05, 0.1) is 23.7 Å². The summed E-state index contributed by atoms with van der Waals surface area (Å²) in [5.74, 6) is 1.63. The van der Waals surface area contributed by atoms with Gasteiger partial charge in [-0.1, -0.05) is 6.92 Å². The van der Waals surface area contributed by atoms with E-state index in [0.717, 1.165) is 16.6 Å². The molecule has 31 heavy (non-hydrogen) atoms. The van der Waals surface area contributed by atoms with Gasteiger partial charge in [-0.3, -0.25) is 9.59 Å². The summed E-state index contributed by atoms with van der Waals surface area (Å²) >= 11 is 1.58. The molecule has 3 aromatic heterocycles. The molecule has 0 saturated carbocycles. The maximum Gasteiger partial charge on any atom is 0.291 e. The molecule has 1 fully saturated rings. The summed E-state index contributed by atoms with van der Waals surface area (Å²) in [5, 5.41) is 3.54. The molecule has 0 bridgehead atoms. The van der Waals surface area contributed by atoms with Gasteiger partial charge in [0.25, 0.3) is 11.8 Å². The first-order valence-electron chi connectivity index (χ1n) is 10.1. The molecule has 1 aliphatic heterocycles. The SMILES string of the molecule is CCSc1ncccc1C(=O)N1CCN(c2ccc(NC(=O)c3ccco3)cn2)CC1. The Bertz CT molecular complexity index is 1030. The van der Waals surface area contributed by atoms with Crippen molar-refractivity contribution in [2.45, 2.75) is 11.9 Å². The number of hydrogen-bond donors (Lipinski definition) is 1. The second-order valence-electron chi connectivity index (χ2n) is 6.90. The zero-order valence-electron chi connectivity index (χ0n) is 17.2. The predicted octanol–water partition coefficient (Wildman–Crippen LogP) is 3.40. The Balaban J connectivity index is 1.34. The van der Waals surface area contributed by atoms with Gasteiger partial charge >= 0.3 is 0 Å². The van der Waals surface area contributed by atoms with E-state index in [1.807, 2.05) is 30.0 Å². The van der Waals surface area contributed by atoms with E-state index in [0.29, 0.717) is 37.4 Å². The maximum atomic E-state index is 13.0. The zero-order valence-corrected chi connectivity index (χ0v) is 18.0. The van der Waals surface area contributed by atoms with Crippen LogP contribution >= 0.6 is 11.8 Å². The lowest BCUT2D eigenvalue weighted by molar-refractivity contribution is 0.0742. The molecule has 1 aliphatic rings. The molecule has 4 heterocycles. The number of thioether (sulfide) groups is 1. The molecule has 0 spiro atoms. The van der Waals surface area contributed by atoms with Crippen LogP contribution in [-0.2, 0) is 0 Å². The zero-order chi connectivity index (χ0) is 21.6. The third kappa shape index (κ3) is 4.88. The van der Waals surface area contributed by atoms with Crippen LogP contribution in [0.4, 0.5) is 11.5 Å². The highest BCUT2D eigenvalue weighted by Crippen LogP contribution is 2.22. The minimum Gasteiger partial charge on any atom is -0.459 e. The van der Waals surface area contributed by atoms with Crippen molar-refractivity contribution < 1.29 is 14.0 Å². The molecule has 160 valence electrons. The molecule has 0 radical (unpaired) electrons. The van der Waals surface area contributed by atoms with Crippen LogP contribution in [0, 0.1) is 0 Å². The standard InChI is InChI=1S/C22H23N5O3S/c1-2-31-21-17(5-3-9-23-21)22(29)27-12-10-26(11-13-27)19-8-7-16(15-24-19)25-20(28)18-6-4-14-30-18/h3-9,14-15H,2,10-13H2,1H3,(H,25,28). The Morgan fingerprint density at radius 1 is 1.10 bits per heavy atom. The first-order valence-corrected chi connectivity index (χ1v) is 11.1. The molecule has 1 saturated heterocycles. The average Bonchev–Trinajstić information content (AvgIpc) is 3.35. The monoisotopic (exact) mass is 437 g/mol. The summed E-state index contributed by atoms with van der Waals surface area (Å²) in [6, 6.07) is 10.6. The summed E-state index contributed by atoms with van der Waals surface area (Å²) in [6.45, 7) is 4.65. The lowest BCUT2D eigenvalue weighted by atomic mass is 10.2. The van der Waals surface area contributed by atoms with Gasteiger partial charge in [-0.15, -0.1) is 11.8 Å². The maximum absolute atomic E-state index is 13.0. The van der Waals surface area contributed by atoms with Crippen molar-refractivity contribution in [2.24, 2.45) is 0 Å². The van der Waals surface area contributed by atoms with Crippen LogP contribution in [0.1, 0.15) is 27.8 Å². The molecule has 0 aliphatic carbocycles. The second-order valence-corrected chi connectivity index (χ2v) is 8.16. The third-order valence-corrected chi connectivity index (χ3v) is 5.81. The Morgan fingerprint density at radius 2 is 1.94 bits per heavy atom. The van der Waals surface area contributed by atoms with E-state index < -0.39 is 0 Å². The molecule has 8 nitrogen and oxygen atoms in total. The van der Waals surface area contributed by atoms with Gasteiger partial charge in [-0.2, -0.15) is 0 Å². The topological polar surface area (TPSA) is 91.6 Å². The summed E-state index contributed by atoms with van der Waals surface area (Å²) in [7, 11) is 0. The minimum atomic E-state index is -0.317. The molecule has 3 aromatic rings. The van der Waals surface area contributed by atoms with E-state index in [4.69, 9.17) is 4.42 Å². The number of nitrogens with one attached hydrogen (secondary N) is 1. The molecule has 2 amide bonds. The van der Waals surface area contributed by atoms with Gasteiger partial charge in [0, 0.05) is 32.4 Å². The fraction of sp³-hybridized carbons (Fsp3) is 0.273. The van der Waals surface area contributed by atoms with Gasteiger partial charge in [-0.05, 0) is 42.2 Å². The van der Waals surface area contributed by atoms with E-state index >= 15 is 0 Å². The number of carbonyl (C=O) groups excluding carboxylic acids is 2. The number of hydrogen-bond acceptors (Lipinski definition) is 7. The van der Waals surface area contributed by atoms with Crippen molar-refractivity contribution >= 4 is 35.1 Å². The largest absolute Gasteiger partial charge is 0.459 e. The fourth-order valence-corrected chi connectivity index (χ4v) is 4.08. The highest BCUT2D eigenvalue weighted by Gasteiger charge is 2.25. The minimum absolute atomic E-state index is 0.0210. The first kappa shape index (κ1) is 20.9. The number of rotatable bonds is 6. The Kier molecular flexibility index (Phi) is 6.51. The van der Waals surface area contributed by atoms with Gasteiger partial charge in [0.2, 0.25) is 0 Å². The summed E-state index contributed by atoms with van der Waals surface area (Å²) in [4.78, 5) is 37.8. The van der Waals surface area contributed by atoms with E-state index in [1.165, 1.54) is 6.26 Å². The molecule has 9 heteroatoms. The van der Waals surface area contributed by atoms with Crippen LogP contribution < -0.4 is 10.2 Å². The van der Waals surface area contributed by atoms with Crippen LogP contribution in [-0.4, -0.2) is 58.6 Å². The number of aromatic nitrogens is 2. The highest BCUT2D eigenvalue weighted by atomic mass is 32.2. The van der Waals surface area contributed by atoms with Crippen molar-refractivity contribution in [2.75, 3.05) is 42.1 Å². The Labute approximate surface area is 184 Å². The second kappa shape index (κ2) is 9.65. The molecule has 1 N–H and O–H groups in total. The number of pyridine rings is 2. The number of furan rings is 1. The van der Waals surface area contributed by atoms with Gasteiger partial charge in [-0.25, -0.2) is 9.97 Å². The van der Waals surface area contributed by atoms with E-state index in [2.05, 4.69) is 20.2 Å². The molecule has 0 atom stereocenters. The van der Waals surface area contributed by atoms with Crippen molar-refractivity contribution in [3.05, 3.63) is 66.4 Å².